The van der Waals surface area contributed by atoms with Gasteiger partial charge in [-0.1, -0.05) is 0 Å². The fraction of sp³-hybridized carbons (Fsp3) is 0.143. The molecule has 6 heteroatoms. The van der Waals surface area contributed by atoms with E-state index in [1.807, 2.05) is 0 Å². The SMILES string of the molecule is COc1ccc(N)cc1N.COc1ccc(N)cc1N. The van der Waals surface area contributed by atoms with Crippen LogP contribution in [0.25, 0.3) is 0 Å². The quantitative estimate of drug-likeness (QED) is 0.619. The highest BCUT2D eigenvalue weighted by Crippen LogP contribution is 2.23. The van der Waals surface area contributed by atoms with Crippen LogP contribution >= 0.6 is 0 Å². The van der Waals surface area contributed by atoms with Crippen molar-refractivity contribution in [3.05, 3.63) is 36.4 Å². The summed E-state index contributed by atoms with van der Waals surface area (Å²) in [6.45, 7) is 0. The fourth-order valence-electron chi connectivity index (χ4n) is 1.51. The first-order chi connectivity index (χ1) is 9.47. The highest BCUT2D eigenvalue weighted by atomic mass is 16.5. The van der Waals surface area contributed by atoms with E-state index in [0.29, 0.717) is 34.2 Å². The third-order valence-electron chi connectivity index (χ3n) is 2.51. The Bertz CT molecular complexity index is 522. The van der Waals surface area contributed by atoms with E-state index in [2.05, 4.69) is 0 Å². The fourth-order valence-corrected chi connectivity index (χ4v) is 1.51. The zero-order valence-electron chi connectivity index (χ0n) is 11.6. The van der Waals surface area contributed by atoms with Crippen LogP contribution in [0.5, 0.6) is 11.5 Å². The summed E-state index contributed by atoms with van der Waals surface area (Å²) in [6.07, 6.45) is 0. The van der Waals surface area contributed by atoms with Crippen LogP contribution in [0.4, 0.5) is 22.7 Å². The Kier molecular flexibility index (Phi) is 5.34. The number of hydrogen-bond acceptors (Lipinski definition) is 6. The summed E-state index contributed by atoms with van der Waals surface area (Å²) < 4.78 is 9.84. The highest BCUT2D eigenvalue weighted by Gasteiger charge is 1.96. The highest BCUT2D eigenvalue weighted by molar-refractivity contribution is 5.61. The summed E-state index contributed by atoms with van der Waals surface area (Å²) in [6, 6.07) is 10.3. The van der Waals surface area contributed by atoms with E-state index < -0.39 is 0 Å². The van der Waals surface area contributed by atoms with Gasteiger partial charge in [0.25, 0.3) is 0 Å². The molecule has 0 amide bonds. The lowest BCUT2D eigenvalue weighted by Gasteiger charge is -2.03. The molecule has 0 atom stereocenters. The van der Waals surface area contributed by atoms with Crippen molar-refractivity contribution in [3.8, 4) is 11.5 Å². The molecule has 0 unspecified atom stereocenters. The lowest BCUT2D eigenvalue weighted by molar-refractivity contribution is 0.417. The Balaban J connectivity index is 0.000000200. The molecule has 0 aliphatic carbocycles. The molecular weight excluding hydrogens is 256 g/mol. The van der Waals surface area contributed by atoms with Crippen LogP contribution in [0, 0.1) is 0 Å². The van der Waals surface area contributed by atoms with Gasteiger partial charge in [0, 0.05) is 11.4 Å². The number of ether oxygens (including phenoxy) is 2. The maximum absolute atomic E-state index is 5.53. The smallest absolute Gasteiger partial charge is 0.141 e. The zero-order valence-corrected chi connectivity index (χ0v) is 11.6. The Morgan fingerprint density at radius 2 is 1.00 bits per heavy atom. The van der Waals surface area contributed by atoms with Crippen LogP contribution in [0.15, 0.2) is 36.4 Å². The van der Waals surface area contributed by atoms with Gasteiger partial charge in [-0.2, -0.15) is 0 Å². The van der Waals surface area contributed by atoms with E-state index >= 15 is 0 Å². The number of benzene rings is 2. The molecule has 20 heavy (non-hydrogen) atoms. The van der Waals surface area contributed by atoms with Gasteiger partial charge in [-0.15, -0.1) is 0 Å². The summed E-state index contributed by atoms with van der Waals surface area (Å²) >= 11 is 0. The molecule has 2 rings (SSSR count). The molecule has 6 nitrogen and oxygen atoms in total. The van der Waals surface area contributed by atoms with Gasteiger partial charge in [0.05, 0.1) is 25.6 Å². The number of anilines is 4. The van der Waals surface area contributed by atoms with E-state index in [0.717, 1.165) is 0 Å². The molecule has 0 spiro atoms. The minimum Gasteiger partial charge on any atom is -0.495 e. The van der Waals surface area contributed by atoms with Gasteiger partial charge >= 0.3 is 0 Å². The first-order valence-corrected chi connectivity index (χ1v) is 5.86. The third-order valence-corrected chi connectivity index (χ3v) is 2.51. The number of methoxy groups -OCH3 is 2. The molecule has 0 bridgehead atoms. The van der Waals surface area contributed by atoms with Crippen molar-refractivity contribution in [1.29, 1.82) is 0 Å². The largest absolute Gasteiger partial charge is 0.495 e. The second-order valence-electron chi connectivity index (χ2n) is 4.00. The molecule has 0 heterocycles. The summed E-state index contributed by atoms with van der Waals surface area (Å²) in [7, 11) is 3.14. The molecule has 0 radical (unpaired) electrons. The first-order valence-electron chi connectivity index (χ1n) is 5.86. The van der Waals surface area contributed by atoms with Crippen molar-refractivity contribution in [2.24, 2.45) is 0 Å². The summed E-state index contributed by atoms with van der Waals surface area (Å²) in [5.74, 6) is 1.32. The second-order valence-corrected chi connectivity index (χ2v) is 4.00. The molecule has 0 aromatic heterocycles. The van der Waals surface area contributed by atoms with Crippen LogP contribution < -0.4 is 32.4 Å². The van der Waals surface area contributed by atoms with Crippen molar-refractivity contribution >= 4 is 22.7 Å². The number of hydrogen-bond donors (Lipinski definition) is 4. The van der Waals surface area contributed by atoms with Crippen molar-refractivity contribution in [2.75, 3.05) is 37.2 Å². The van der Waals surface area contributed by atoms with Gasteiger partial charge < -0.3 is 32.4 Å². The Morgan fingerprint density at radius 1 is 0.650 bits per heavy atom. The van der Waals surface area contributed by atoms with Gasteiger partial charge in [0.2, 0.25) is 0 Å². The second kappa shape index (κ2) is 6.98. The predicted molar refractivity (Wildman–Crippen MR) is 83.6 cm³/mol. The van der Waals surface area contributed by atoms with E-state index in [9.17, 15) is 0 Å². The molecule has 108 valence electrons. The zero-order chi connectivity index (χ0) is 15.1. The minimum absolute atomic E-state index is 0.572. The number of nitrogen functional groups attached to an aromatic ring is 4. The van der Waals surface area contributed by atoms with E-state index in [-0.39, 0.29) is 0 Å². The molecular formula is C14H20N4O2. The molecule has 0 aliphatic rings. The van der Waals surface area contributed by atoms with Gasteiger partial charge in [0.1, 0.15) is 11.5 Å². The van der Waals surface area contributed by atoms with Gasteiger partial charge in [-0.3, -0.25) is 0 Å². The van der Waals surface area contributed by atoms with E-state index in [1.54, 1.807) is 50.6 Å². The van der Waals surface area contributed by atoms with Gasteiger partial charge in [-0.25, -0.2) is 0 Å². The Labute approximate surface area is 118 Å². The minimum atomic E-state index is 0.572. The average Bonchev–Trinajstić information content (AvgIpc) is 2.40. The summed E-state index contributed by atoms with van der Waals surface area (Å²) in [5.41, 5.74) is 24.4. The van der Waals surface area contributed by atoms with E-state index in [1.165, 1.54) is 0 Å². The Morgan fingerprint density at radius 3 is 1.25 bits per heavy atom. The lowest BCUT2D eigenvalue weighted by atomic mass is 10.2. The van der Waals surface area contributed by atoms with Gasteiger partial charge in [-0.05, 0) is 36.4 Å². The van der Waals surface area contributed by atoms with E-state index in [4.69, 9.17) is 32.4 Å². The lowest BCUT2D eigenvalue weighted by Crippen LogP contribution is -1.93. The van der Waals surface area contributed by atoms with Gasteiger partial charge in [0.15, 0.2) is 0 Å². The molecule has 0 aliphatic heterocycles. The third kappa shape index (κ3) is 4.16. The van der Waals surface area contributed by atoms with Crippen LogP contribution in [0.1, 0.15) is 0 Å². The van der Waals surface area contributed by atoms with Crippen molar-refractivity contribution < 1.29 is 9.47 Å². The van der Waals surface area contributed by atoms with Crippen molar-refractivity contribution in [3.63, 3.8) is 0 Å². The summed E-state index contributed by atoms with van der Waals surface area (Å²) in [4.78, 5) is 0. The first kappa shape index (κ1) is 15.3. The van der Waals surface area contributed by atoms with Crippen LogP contribution in [-0.4, -0.2) is 14.2 Å². The monoisotopic (exact) mass is 276 g/mol. The average molecular weight is 276 g/mol. The Hall–Kier alpha value is -2.76. The van der Waals surface area contributed by atoms with Crippen LogP contribution in [0.2, 0.25) is 0 Å². The van der Waals surface area contributed by atoms with Crippen LogP contribution in [0.3, 0.4) is 0 Å². The number of rotatable bonds is 2. The predicted octanol–water partition coefficient (Wildman–Crippen LogP) is 1.72. The standard InChI is InChI=1S/2C7H10N2O/c2*1-10-7-3-2-5(8)4-6(7)9/h2*2-4H,8-9H2,1H3. The summed E-state index contributed by atoms with van der Waals surface area (Å²) in [5, 5.41) is 0. The topological polar surface area (TPSA) is 123 Å². The molecule has 0 saturated carbocycles. The van der Waals surface area contributed by atoms with Crippen molar-refractivity contribution in [2.45, 2.75) is 0 Å². The molecule has 2 aromatic carbocycles. The maximum atomic E-state index is 5.53. The molecule has 0 saturated heterocycles. The maximum Gasteiger partial charge on any atom is 0.141 e. The molecule has 8 N–H and O–H groups in total. The van der Waals surface area contributed by atoms with Crippen LogP contribution in [-0.2, 0) is 0 Å². The molecule has 2 aromatic rings. The van der Waals surface area contributed by atoms with Crippen molar-refractivity contribution in [1.82, 2.24) is 0 Å². The normalized spacial score (nSPS) is 9.30. The number of nitrogens with two attached hydrogens (primary N) is 4. The molecule has 0 fully saturated rings.